The molecule has 5 heteroatoms. The number of aliphatic hydroxyl groups excluding tert-OH is 1. The summed E-state index contributed by atoms with van der Waals surface area (Å²) in [6.45, 7) is 0.137. The minimum atomic E-state index is -0.841. The maximum absolute atomic E-state index is 10.5. The molecule has 0 amide bonds. The maximum atomic E-state index is 10.5. The standard InChI is InChI=1S/C14H14ClNO3/c15-10-5-9(6-11-12(10)19-8-18-11)13(17)14(7-16)3-1-2-4-14/h5-6,13,17H,1-4,8H2. The van der Waals surface area contributed by atoms with Gasteiger partial charge >= 0.3 is 0 Å². The Labute approximate surface area is 116 Å². The topological polar surface area (TPSA) is 62.5 Å². The van der Waals surface area contributed by atoms with Crippen LogP contribution in [0.5, 0.6) is 11.5 Å². The van der Waals surface area contributed by atoms with Crippen molar-refractivity contribution < 1.29 is 14.6 Å². The van der Waals surface area contributed by atoms with Crippen LogP contribution in [0, 0.1) is 16.7 Å². The predicted octanol–water partition coefficient (Wildman–Crippen LogP) is 3.19. The van der Waals surface area contributed by atoms with Gasteiger partial charge in [-0.05, 0) is 30.5 Å². The summed E-state index contributed by atoms with van der Waals surface area (Å²) in [5.41, 5.74) is -0.0745. The van der Waals surface area contributed by atoms with Crippen LogP contribution in [0.15, 0.2) is 12.1 Å². The van der Waals surface area contributed by atoms with Crippen LogP contribution in [-0.2, 0) is 0 Å². The first kappa shape index (κ1) is 12.6. The summed E-state index contributed by atoms with van der Waals surface area (Å²) in [7, 11) is 0. The molecule has 1 aliphatic heterocycles. The van der Waals surface area contributed by atoms with Crippen molar-refractivity contribution in [3.63, 3.8) is 0 Å². The van der Waals surface area contributed by atoms with E-state index in [0.717, 1.165) is 25.7 Å². The molecule has 19 heavy (non-hydrogen) atoms. The molecule has 100 valence electrons. The molecule has 4 nitrogen and oxygen atoms in total. The molecule has 0 aromatic heterocycles. The second-order valence-corrected chi connectivity index (χ2v) is 5.52. The van der Waals surface area contributed by atoms with Crippen molar-refractivity contribution >= 4 is 11.6 Å². The van der Waals surface area contributed by atoms with Crippen LogP contribution < -0.4 is 9.47 Å². The van der Waals surface area contributed by atoms with Crippen molar-refractivity contribution in [2.75, 3.05) is 6.79 Å². The molecule has 1 N–H and O–H groups in total. The normalized spacial score (nSPS) is 21.1. The van der Waals surface area contributed by atoms with Gasteiger partial charge in [0.05, 0.1) is 22.6 Å². The number of rotatable bonds is 2. The molecular formula is C14H14ClNO3. The first-order chi connectivity index (χ1) is 9.16. The number of ether oxygens (including phenoxy) is 2. The zero-order valence-corrected chi connectivity index (χ0v) is 11.1. The van der Waals surface area contributed by atoms with E-state index >= 15 is 0 Å². The molecule has 1 saturated carbocycles. The van der Waals surface area contributed by atoms with Crippen molar-refractivity contribution in [2.45, 2.75) is 31.8 Å². The number of fused-ring (bicyclic) bond motifs is 1. The highest BCUT2D eigenvalue weighted by Crippen LogP contribution is 2.49. The van der Waals surface area contributed by atoms with E-state index in [0.29, 0.717) is 22.1 Å². The lowest BCUT2D eigenvalue weighted by Gasteiger charge is -2.27. The molecule has 0 spiro atoms. The number of aliphatic hydroxyl groups is 1. The van der Waals surface area contributed by atoms with Gasteiger partial charge in [-0.25, -0.2) is 0 Å². The summed E-state index contributed by atoms with van der Waals surface area (Å²) in [6, 6.07) is 5.68. The number of nitriles is 1. The van der Waals surface area contributed by atoms with E-state index in [4.69, 9.17) is 21.1 Å². The number of hydrogen-bond acceptors (Lipinski definition) is 4. The summed E-state index contributed by atoms with van der Waals surface area (Å²) in [6.07, 6.45) is 2.55. The first-order valence-corrected chi connectivity index (χ1v) is 6.72. The summed E-state index contributed by atoms with van der Waals surface area (Å²) < 4.78 is 10.5. The van der Waals surface area contributed by atoms with Gasteiger partial charge in [0.15, 0.2) is 11.5 Å². The Morgan fingerprint density at radius 1 is 1.32 bits per heavy atom. The third-order valence-corrected chi connectivity index (χ3v) is 4.29. The third kappa shape index (κ3) is 1.94. The monoisotopic (exact) mass is 279 g/mol. The van der Waals surface area contributed by atoms with E-state index in [1.807, 2.05) is 0 Å². The number of halogens is 1. The van der Waals surface area contributed by atoms with E-state index < -0.39 is 11.5 Å². The average molecular weight is 280 g/mol. The van der Waals surface area contributed by atoms with Crippen LogP contribution in [-0.4, -0.2) is 11.9 Å². The number of hydrogen-bond donors (Lipinski definition) is 1. The van der Waals surface area contributed by atoms with Gasteiger partial charge in [-0.3, -0.25) is 0 Å². The molecule has 0 radical (unpaired) electrons. The fourth-order valence-corrected chi connectivity index (χ4v) is 3.19. The Balaban J connectivity index is 1.98. The predicted molar refractivity (Wildman–Crippen MR) is 69.0 cm³/mol. The van der Waals surface area contributed by atoms with Crippen molar-refractivity contribution in [2.24, 2.45) is 5.41 Å². The Kier molecular flexibility index (Phi) is 3.04. The highest BCUT2D eigenvalue weighted by Gasteiger charge is 2.42. The maximum Gasteiger partial charge on any atom is 0.231 e. The second kappa shape index (κ2) is 4.59. The van der Waals surface area contributed by atoms with Crippen LogP contribution in [0.1, 0.15) is 37.4 Å². The summed E-state index contributed by atoms with van der Waals surface area (Å²) >= 11 is 6.12. The van der Waals surface area contributed by atoms with Crippen LogP contribution in [0.4, 0.5) is 0 Å². The quantitative estimate of drug-likeness (QED) is 0.903. The highest BCUT2D eigenvalue weighted by molar-refractivity contribution is 6.32. The molecule has 0 saturated heterocycles. The Morgan fingerprint density at radius 2 is 2.05 bits per heavy atom. The molecule has 1 aliphatic carbocycles. The molecule has 1 heterocycles. The molecule has 1 aromatic carbocycles. The van der Waals surface area contributed by atoms with Gasteiger partial charge in [-0.15, -0.1) is 0 Å². The number of benzene rings is 1. The molecule has 1 fully saturated rings. The molecule has 1 unspecified atom stereocenters. The largest absolute Gasteiger partial charge is 0.454 e. The zero-order valence-electron chi connectivity index (χ0n) is 10.4. The van der Waals surface area contributed by atoms with Crippen molar-refractivity contribution in [1.82, 2.24) is 0 Å². The fourth-order valence-electron chi connectivity index (χ4n) is 2.92. The van der Waals surface area contributed by atoms with Crippen molar-refractivity contribution in [3.05, 3.63) is 22.7 Å². The minimum Gasteiger partial charge on any atom is -0.454 e. The third-order valence-electron chi connectivity index (χ3n) is 4.01. The van der Waals surface area contributed by atoms with Gasteiger partial charge in [-0.1, -0.05) is 24.4 Å². The summed E-state index contributed by atoms with van der Waals surface area (Å²) in [5, 5.41) is 20.4. The van der Waals surface area contributed by atoms with Gasteiger partial charge < -0.3 is 14.6 Å². The second-order valence-electron chi connectivity index (χ2n) is 5.11. The zero-order chi connectivity index (χ0) is 13.5. The van der Waals surface area contributed by atoms with Gasteiger partial charge in [0.1, 0.15) is 0 Å². The SMILES string of the molecule is N#CC1(C(O)c2cc(Cl)c3c(c2)OCO3)CCCC1. The minimum absolute atomic E-state index is 0.137. The van der Waals surface area contributed by atoms with E-state index in [1.165, 1.54) is 0 Å². The van der Waals surface area contributed by atoms with Crippen LogP contribution >= 0.6 is 11.6 Å². The highest BCUT2D eigenvalue weighted by atomic mass is 35.5. The molecule has 1 atom stereocenters. The lowest BCUT2D eigenvalue weighted by atomic mass is 9.78. The summed E-state index contributed by atoms with van der Waals surface area (Å²) in [5.74, 6) is 1.04. The van der Waals surface area contributed by atoms with Gasteiger partial charge in [0, 0.05) is 0 Å². The van der Waals surface area contributed by atoms with E-state index in [2.05, 4.69) is 6.07 Å². The Morgan fingerprint density at radius 3 is 2.74 bits per heavy atom. The molecule has 3 rings (SSSR count). The van der Waals surface area contributed by atoms with E-state index in [1.54, 1.807) is 12.1 Å². The fraction of sp³-hybridized carbons (Fsp3) is 0.500. The average Bonchev–Trinajstić information content (AvgIpc) is 3.07. The Hall–Kier alpha value is -1.44. The Bertz CT molecular complexity index is 546. The first-order valence-electron chi connectivity index (χ1n) is 6.35. The van der Waals surface area contributed by atoms with Crippen molar-refractivity contribution in [3.8, 4) is 17.6 Å². The van der Waals surface area contributed by atoms with Crippen LogP contribution in [0.25, 0.3) is 0 Å². The smallest absolute Gasteiger partial charge is 0.231 e. The van der Waals surface area contributed by atoms with Gasteiger partial charge in [0.25, 0.3) is 0 Å². The molecule has 1 aromatic rings. The van der Waals surface area contributed by atoms with E-state index in [-0.39, 0.29) is 6.79 Å². The molecular weight excluding hydrogens is 266 g/mol. The van der Waals surface area contributed by atoms with E-state index in [9.17, 15) is 10.4 Å². The molecule has 0 bridgehead atoms. The summed E-state index contributed by atoms with van der Waals surface area (Å²) in [4.78, 5) is 0. The molecule has 2 aliphatic rings. The lowest BCUT2D eigenvalue weighted by Crippen LogP contribution is -2.23. The van der Waals surface area contributed by atoms with Crippen LogP contribution in [0.2, 0.25) is 5.02 Å². The van der Waals surface area contributed by atoms with Gasteiger partial charge in [-0.2, -0.15) is 5.26 Å². The van der Waals surface area contributed by atoms with Crippen LogP contribution in [0.3, 0.4) is 0 Å². The number of nitrogens with zero attached hydrogens (tertiary/aromatic N) is 1. The van der Waals surface area contributed by atoms with Gasteiger partial charge in [0.2, 0.25) is 6.79 Å². The van der Waals surface area contributed by atoms with Crippen molar-refractivity contribution in [1.29, 1.82) is 5.26 Å². The lowest BCUT2D eigenvalue weighted by molar-refractivity contribution is 0.0669.